The maximum atomic E-state index is 12.2. The molecular formula is C12H18N2O3. The summed E-state index contributed by atoms with van der Waals surface area (Å²) in [5.74, 6) is 0.889. The Hall–Kier alpha value is -1.36. The van der Waals surface area contributed by atoms with E-state index in [0.717, 1.165) is 6.42 Å². The Morgan fingerprint density at radius 3 is 2.76 bits per heavy atom. The molecule has 1 aliphatic heterocycles. The molecule has 0 aromatic carbocycles. The van der Waals surface area contributed by atoms with E-state index in [1.807, 2.05) is 0 Å². The summed E-state index contributed by atoms with van der Waals surface area (Å²) >= 11 is 0. The molecule has 2 unspecified atom stereocenters. The van der Waals surface area contributed by atoms with Crippen molar-refractivity contribution in [1.82, 2.24) is 9.88 Å². The lowest BCUT2D eigenvalue weighted by Gasteiger charge is -2.16. The average molecular weight is 238 g/mol. The number of aromatic nitrogens is 1. The second-order valence-corrected chi connectivity index (χ2v) is 4.69. The number of amides is 1. The molecule has 1 aromatic rings. The van der Waals surface area contributed by atoms with Gasteiger partial charge in [-0.15, -0.1) is 0 Å². The van der Waals surface area contributed by atoms with Crippen LogP contribution in [-0.4, -0.2) is 40.1 Å². The number of rotatable bonds is 2. The lowest BCUT2D eigenvalue weighted by Crippen LogP contribution is -2.30. The van der Waals surface area contributed by atoms with Gasteiger partial charge in [-0.25, -0.2) is 4.98 Å². The van der Waals surface area contributed by atoms with E-state index in [1.54, 1.807) is 25.7 Å². The molecule has 0 aliphatic carbocycles. The fourth-order valence-corrected chi connectivity index (χ4v) is 2.24. The summed E-state index contributed by atoms with van der Waals surface area (Å²) in [6.07, 6.45) is 0.473. The van der Waals surface area contributed by atoms with Crippen LogP contribution in [-0.2, 0) is 0 Å². The molecule has 1 aromatic heterocycles. The van der Waals surface area contributed by atoms with Crippen LogP contribution in [0.1, 0.15) is 35.5 Å². The molecule has 5 heteroatoms. The summed E-state index contributed by atoms with van der Waals surface area (Å²) in [5.41, 5.74) is 0.632. The topological polar surface area (TPSA) is 66.6 Å². The number of aryl methyl sites for hydroxylation is 2. The summed E-state index contributed by atoms with van der Waals surface area (Å²) < 4.78 is 5.32. The Balaban J connectivity index is 2.09. The van der Waals surface area contributed by atoms with E-state index in [4.69, 9.17) is 4.42 Å². The molecule has 1 amide bonds. The highest BCUT2D eigenvalue weighted by Crippen LogP contribution is 2.22. The molecule has 2 atom stereocenters. The Morgan fingerprint density at radius 1 is 1.59 bits per heavy atom. The van der Waals surface area contributed by atoms with Gasteiger partial charge in [0.2, 0.25) is 5.76 Å². The third-order valence-corrected chi connectivity index (χ3v) is 3.29. The summed E-state index contributed by atoms with van der Waals surface area (Å²) in [6.45, 7) is 6.53. The molecule has 1 N–H and O–H groups in total. The Kier molecular flexibility index (Phi) is 3.19. The van der Waals surface area contributed by atoms with Crippen molar-refractivity contribution in [3.8, 4) is 0 Å². The van der Waals surface area contributed by atoms with Crippen molar-refractivity contribution in [1.29, 1.82) is 0 Å². The molecule has 0 radical (unpaired) electrons. The van der Waals surface area contributed by atoms with Crippen LogP contribution in [0.2, 0.25) is 0 Å². The molecule has 1 fully saturated rings. The molecule has 2 rings (SSSR count). The van der Waals surface area contributed by atoms with Crippen molar-refractivity contribution >= 4 is 5.91 Å². The number of aliphatic hydroxyl groups is 1. The van der Waals surface area contributed by atoms with Crippen LogP contribution in [0.4, 0.5) is 0 Å². The van der Waals surface area contributed by atoms with Gasteiger partial charge in [-0.3, -0.25) is 4.79 Å². The van der Waals surface area contributed by atoms with Gasteiger partial charge < -0.3 is 14.4 Å². The first-order valence-electron chi connectivity index (χ1n) is 5.90. The zero-order valence-corrected chi connectivity index (χ0v) is 10.4. The molecular weight excluding hydrogens is 220 g/mol. The van der Waals surface area contributed by atoms with Crippen LogP contribution in [0.15, 0.2) is 4.42 Å². The highest BCUT2D eigenvalue weighted by molar-refractivity contribution is 5.92. The summed E-state index contributed by atoms with van der Waals surface area (Å²) in [5, 5.41) is 9.51. The standard InChI is InChI=1S/C12H18N2O3/c1-7-11(17-9(3)13-7)12(16)14-5-4-10(6-14)8(2)15/h8,10,15H,4-6H2,1-3H3. The first-order valence-corrected chi connectivity index (χ1v) is 5.90. The molecule has 1 saturated heterocycles. The monoisotopic (exact) mass is 238 g/mol. The smallest absolute Gasteiger partial charge is 0.291 e. The number of hydrogen-bond donors (Lipinski definition) is 1. The molecule has 17 heavy (non-hydrogen) atoms. The fourth-order valence-electron chi connectivity index (χ4n) is 2.24. The molecule has 0 saturated carbocycles. The minimum absolute atomic E-state index is 0.119. The minimum Gasteiger partial charge on any atom is -0.436 e. The number of nitrogens with zero attached hydrogens (tertiary/aromatic N) is 2. The number of hydrogen-bond acceptors (Lipinski definition) is 4. The number of carbonyl (C=O) groups excluding carboxylic acids is 1. The molecule has 94 valence electrons. The highest BCUT2D eigenvalue weighted by atomic mass is 16.4. The van der Waals surface area contributed by atoms with Gasteiger partial charge >= 0.3 is 0 Å². The van der Waals surface area contributed by atoms with Gasteiger partial charge in [-0.2, -0.15) is 0 Å². The van der Waals surface area contributed by atoms with E-state index in [1.165, 1.54) is 0 Å². The Bertz CT molecular complexity index is 425. The van der Waals surface area contributed by atoms with Crippen molar-refractivity contribution < 1.29 is 14.3 Å². The van der Waals surface area contributed by atoms with E-state index in [9.17, 15) is 9.90 Å². The quantitative estimate of drug-likeness (QED) is 0.838. The van der Waals surface area contributed by atoms with Gasteiger partial charge in [0, 0.05) is 25.9 Å². The van der Waals surface area contributed by atoms with Crippen LogP contribution in [0.3, 0.4) is 0 Å². The van der Waals surface area contributed by atoms with Crippen molar-refractivity contribution in [2.45, 2.75) is 33.3 Å². The second-order valence-electron chi connectivity index (χ2n) is 4.69. The van der Waals surface area contributed by atoms with Gasteiger partial charge in [0.05, 0.1) is 11.8 Å². The van der Waals surface area contributed by atoms with Crippen molar-refractivity contribution in [2.75, 3.05) is 13.1 Å². The molecule has 5 nitrogen and oxygen atoms in total. The molecule has 0 bridgehead atoms. The first-order chi connectivity index (χ1) is 7.99. The summed E-state index contributed by atoms with van der Waals surface area (Å²) in [4.78, 5) is 18.0. The van der Waals surface area contributed by atoms with Crippen LogP contribution in [0, 0.1) is 19.8 Å². The van der Waals surface area contributed by atoms with Gasteiger partial charge in [0.1, 0.15) is 0 Å². The predicted molar refractivity (Wildman–Crippen MR) is 61.7 cm³/mol. The third-order valence-electron chi connectivity index (χ3n) is 3.29. The van der Waals surface area contributed by atoms with Crippen LogP contribution >= 0.6 is 0 Å². The Labute approximate surface area is 100 Å². The maximum Gasteiger partial charge on any atom is 0.291 e. The minimum atomic E-state index is -0.370. The average Bonchev–Trinajstić information content (AvgIpc) is 2.84. The molecule has 2 heterocycles. The first kappa shape index (κ1) is 12.1. The lowest BCUT2D eigenvalue weighted by molar-refractivity contribution is 0.0729. The van der Waals surface area contributed by atoms with E-state index < -0.39 is 0 Å². The predicted octanol–water partition coefficient (Wildman–Crippen LogP) is 1.13. The molecule has 1 aliphatic rings. The van der Waals surface area contributed by atoms with E-state index in [-0.39, 0.29) is 17.9 Å². The van der Waals surface area contributed by atoms with Crippen LogP contribution < -0.4 is 0 Å². The van der Waals surface area contributed by atoms with Gasteiger partial charge in [0.25, 0.3) is 5.91 Å². The van der Waals surface area contributed by atoms with Crippen molar-refractivity contribution in [2.24, 2.45) is 5.92 Å². The van der Waals surface area contributed by atoms with Crippen molar-refractivity contribution in [3.63, 3.8) is 0 Å². The van der Waals surface area contributed by atoms with Crippen molar-refractivity contribution in [3.05, 3.63) is 17.3 Å². The summed E-state index contributed by atoms with van der Waals surface area (Å²) in [7, 11) is 0. The van der Waals surface area contributed by atoms with E-state index >= 15 is 0 Å². The van der Waals surface area contributed by atoms with E-state index in [0.29, 0.717) is 30.4 Å². The van der Waals surface area contributed by atoms with Gasteiger partial charge in [-0.1, -0.05) is 0 Å². The number of carbonyl (C=O) groups is 1. The zero-order valence-electron chi connectivity index (χ0n) is 10.4. The van der Waals surface area contributed by atoms with Gasteiger partial charge in [0.15, 0.2) is 5.89 Å². The second kappa shape index (κ2) is 4.49. The van der Waals surface area contributed by atoms with Gasteiger partial charge in [-0.05, 0) is 20.3 Å². The van der Waals surface area contributed by atoms with Crippen LogP contribution in [0.25, 0.3) is 0 Å². The normalized spacial score (nSPS) is 21.9. The highest BCUT2D eigenvalue weighted by Gasteiger charge is 2.31. The largest absolute Gasteiger partial charge is 0.436 e. The number of likely N-dealkylation sites (tertiary alicyclic amines) is 1. The van der Waals surface area contributed by atoms with E-state index in [2.05, 4.69) is 4.98 Å². The Morgan fingerprint density at radius 2 is 2.29 bits per heavy atom. The maximum absolute atomic E-state index is 12.2. The number of oxazole rings is 1. The zero-order chi connectivity index (χ0) is 12.6. The third kappa shape index (κ3) is 2.34. The summed E-state index contributed by atoms with van der Waals surface area (Å²) in [6, 6.07) is 0. The number of aliphatic hydroxyl groups excluding tert-OH is 1. The SMILES string of the molecule is Cc1nc(C)c(C(=O)N2CCC(C(C)O)C2)o1. The van der Waals surface area contributed by atoms with Crippen LogP contribution in [0.5, 0.6) is 0 Å². The molecule has 0 spiro atoms. The fraction of sp³-hybridized carbons (Fsp3) is 0.667. The lowest BCUT2D eigenvalue weighted by atomic mass is 10.0.